The van der Waals surface area contributed by atoms with Gasteiger partial charge in [0.05, 0.1) is 14.2 Å². The van der Waals surface area contributed by atoms with E-state index in [2.05, 4.69) is 34.6 Å². The van der Waals surface area contributed by atoms with E-state index in [0.717, 1.165) is 18.7 Å². The van der Waals surface area contributed by atoms with Crippen LogP contribution in [-0.4, -0.2) is 26.7 Å². The lowest BCUT2D eigenvalue weighted by Gasteiger charge is -2.14. The number of nitrogens with zero attached hydrogens (tertiary/aromatic N) is 1. The van der Waals surface area contributed by atoms with Crippen LogP contribution in [0.3, 0.4) is 0 Å². The molecule has 0 heterocycles. The maximum Gasteiger partial charge on any atom is 0.193 e. The molecule has 6 heteroatoms. The number of methoxy groups -OCH3 is 2. The summed E-state index contributed by atoms with van der Waals surface area (Å²) in [5, 5.41) is 3.12. The molecule has 1 aliphatic carbocycles. The van der Waals surface area contributed by atoms with E-state index >= 15 is 0 Å². The fourth-order valence-electron chi connectivity index (χ4n) is 2.95. The van der Waals surface area contributed by atoms with Crippen molar-refractivity contribution < 1.29 is 9.47 Å². The van der Waals surface area contributed by atoms with Crippen molar-refractivity contribution in [3.63, 3.8) is 0 Å². The Morgan fingerprint density at radius 1 is 1.08 bits per heavy atom. The van der Waals surface area contributed by atoms with Crippen LogP contribution in [0.2, 0.25) is 0 Å². The summed E-state index contributed by atoms with van der Waals surface area (Å²) in [5.74, 6) is 1.76. The Morgan fingerprint density at radius 2 is 1.77 bits per heavy atom. The van der Waals surface area contributed by atoms with Gasteiger partial charge in [0.1, 0.15) is 0 Å². The highest BCUT2D eigenvalue weighted by Crippen LogP contribution is 2.48. The van der Waals surface area contributed by atoms with Gasteiger partial charge in [0, 0.05) is 18.3 Å². The van der Waals surface area contributed by atoms with Crippen molar-refractivity contribution in [2.45, 2.75) is 19.3 Å². The number of nitrogens with two attached hydrogens (primary N) is 1. The molecular weight excluding hydrogens is 441 g/mol. The molecule has 0 saturated heterocycles. The molecule has 0 aromatic heterocycles. The standard InChI is InChI=1S/C20H25N3O2.HI/c1-24-17-9-8-16(12-18(17)25-2)23-19(21)22-14-20(10-11-20)13-15-6-4-3-5-7-15;/h3-9,12H,10-11,13-14H2,1-2H3,(H3,21,22,23);1H. The Morgan fingerprint density at radius 3 is 2.38 bits per heavy atom. The number of aliphatic imine (C=N–C) groups is 1. The second-order valence-electron chi connectivity index (χ2n) is 6.56. The summed E-state index contributed by atoms with van der Waals surface area (Å²) in [4.78, 5) is 4.56. The summed E-state index contributed by atoms with van der Waals surface area (Å²) in [6.07, 6.45) is 3.46. The Labute approximate surface area is 172 Å². The van der Waals surface area contributed by atoms with Crippen molar-refractivity contribution >= 4 is 35.6 Å². The molecule has 0 atom stereocenters. The van der Waals surface area contributed by atoms with E-state index in [1.54, 1.807) is 14.2 Å². The van der Waals surface area contributed by atoms with Crippen molar-refractivity contribution in [1.82, 2.24) is 0 Å². The third-order valence-corrected chi connectivity index (χ3v) is 4.62. The van der Waals surface area contributed by atoms with Crippen LogP contribution in [0.25, 0.3) is 0 Å². The van der Waals surface area contributed by atoms with Crippen molar-refractivity contribution in [1.29, 1.82) is 0 Å². The van der Waals surface area contributed by atoms with Crippen molar-refractivity contribution in [3.05, 3.63) is 54.1 Å². The quantitative estimate of drug-likeness (QED) is 0.366. The van der Waals surface area contributed by atoms with Crippen LogP contribution < -0.4 is 20.5 Å². The number of halogens is 1. The molecule has 3 N–H and O–H groups in total. The van der Waals surface area contributed by atoms with Gasteiger partial charge in [-0.25, -0.2) is 0 Å². The van der Waals surface area contributed by atoms with Crippen molar-refractivity contribution in [2.24, 2.45) is 16.1 Å². The molecule has 0 bridgehead atoms. The average molecular weight is 467 g/mol. The highest BCUT2D eigenvalue weighted by Gasteiger charge is 2.42. The lowest BCUT2D eigenvalue weighted by Crippen LogP contribution is -2.24. The fraction of sp³-hybridized carbons (Fsp3) is 0.350. The van der Waals surface area contributed by atoms with E-state index in [0.29, 0.717) is 17.5 Å². The Hall–Kier alpha value is -1.96. The van der Waals surface area contributed by atoms with Gasteiger partial charge in [0.25, 0.3) is 0 Å². The number of guanidine groups is 1. The Balaban J connectivity index is 0.00000243. The number of hydrogen-bond donors (Lipinski definition) is 2. The molecule has 2 aromatic carbocycles. The fourth-order valence-corrected chi connectivity index (χ4v) is 2.95. The van der Waals surface area contributed by atoms with E-state index in [-0.39, 0.29) is 29.4 Å². The lowest BCUT2D eigenvalue weighted by molar-refractivity contribution is 0.355. The molecule has 0 aliphatic heterocycles. The van der Waals surface area contributed by atoms with Gasteiger partial charge in [-0.15, -0.1) is 24.0 Å². The van der Waals surface area contributed by atoms with Crippen LogP contribution >= 0.6 is 24.0 Å². The maximum absolute atomic E-state index is 6.06. The minimum Gasteiger partial charge on any atom is -0.493 e. The molecule has 5 nitrogen and oxygen atoms in total. The number of ether oxygens (including phenoxy) is 2. The number of nitrogens with one attached hydrogen (secondary N) is 1. The van der Waals surface area contributed by atoms with E-state index in [1.807, 2.05) is 24.3 Å². The third kappa shape index (κ3) is 5.27. The van der Waals surface area contributed by atoms with E-state index in [9.17, 15) is 0 Å². The molecule has 1 saturated carbocycles. The molecule has 1 aliphatic rings. The molecule has 0 amide bonds. The minimum atomic E-state index is 0. The molecule has 2 aromatic rings. The summed E-state index contributed by atoms with van der Waals surface area (Å²) in [6, 6.07) is 16.1. The van der Waals surface area contributed by atoms with Crippen LogP contribution in [-0.2, 0) is 6.42 Å². The summed E-state index contributed by atoms with van der Waals surface area (Å²) in [5.41, 5.74) is 8.52. The summed E-state index contributed by atoms with van der Waals surface area (Å²) in [7, 11) is 3.22. The predicted molar refractivity (Wildman–Crippen MR) is 117 cm³/mol. The summed E-state index contributed by atoms with van der Waals surface area (Å²) < 4.78 is 10.5. The zero-order valence-electron chi connectivity index (χ0n) is 15.2. The Kier molecular flexibility index (Phi) is 7.14. The van der Waals surface area contributed by atoms with Gasteiger partial charge in [-0.05, 0) is 42.4 Å². The predicted octanol–water partition coefficient (Wildman–Crippen LogP) is 4.07. The summed E-state index contributed by atoms with van der Waals surface area (Å²) >= 11 is 0. The van der Waals surface area contributed by atoms with Gasteiger partial charge < -0.3 is 20.5 Å². The van der Waals surface area contributed by atoms with Crippen molar-refractivity contribution in [2.75, 3.05) is 26.1 Å². The normalized spacial score (nSPS) is 14.9. The van der Waals surface area contributed by atoms with E-state index in [1.165, 1.54) is 18.4 Å². The number of anilines is 1. The molecule has 26 heavy (non-hydrogen) atoms. The first-order chi connectivity index (χ1) is 12.1. The van der Waals surface area contributed by atoms with E-state index in [4.69, 9.17) is 15.2 Å². The van der Waals surface area contributed by atoms with Crippen molar-refractivity contribution in [3.8, 4) is 11.5 Å². The van der Waals surface area contributed by atoms with Gasteiger partial charge >= 0.3 is 0 Å². The molecule has 0 unspecified atom stereocenters. The maximum atomic E-state index is 6.06. The molecule has 1 fully saturated rings. The SMILES string of the molecule is COc1ccc(NC(N)=NCC2(Cc3ccccc3)CC2)cc1OC.I. The third-order valence-electron chi connectivity index (χ3n) is 4.62. The van der Waals surface area contributed by atoms with Gasteiger partial charge in [-0.2, -0.15) is 0 Å². The first kappa shape index (κ1) is 20.4. The molecule has 0 radical (unpaired) electrons. The lowest BCUT2D eigenvalue weighted by atomic mass is 9.97. The molecule has 140 valence electrons. The van der Waals surface area contributed by atoms with Crippen LogP contribution in [0.5, 0.6) is 11.5 Å². The van der Waals surface area contributed by atoms with E-state index < -0.39 is 0 Å². The average Bonchev–Trinajstić information content (AvgIpc) is 3.40. The molecule has 0 spiro atoms. The largest absolute Gasteiger partial charge is 0.493 e. The summed E-state index contributed by atoms with van der Waals surface area (Å²) in [6.45, 7) is 0.744. The highest BCUT2D eigenvalue weighted by atomic mass is 127. The second kappa shape index (κ2) is 9.12. The van der Waals surface area contributed by atoms with Gasteiger partial charge in [0.15, 0.2) is 17.5 Å². The molecule has 3 rings (SSSR count). The smallest absolute Gasteiger partial charge is 0.193 e. The monoisotopic (exact) mass is 467 g/mol. The van der Waals surface area contributed by atoms with Gasteiger partial charge in [-0.3, -0.25) is 4.99 Å². The zero-order chi connectivity index (χ0) is 17.7. The minimum absolute atomic E-state index is 0. The van der Waals surface area contributed by atoms with Gasteiger partial charge in [-0.1, -0.05) is 30.3 Å². The topological polar surface area (TPSA) is 68.9 Å². The van der Waals surface area contributed by atoms with Crippen LogP contribution in [0.1, 0.15) is 18.4 Å². The number of hydrogen-bond acceptors (Lipinski definition) is 3. The van der Waals surface area contributed by atoms with Crippen LogP contribution in [0, 0.1) is 5.41 Å². The van der Waals surface area contributed by atoms with Crippen LogP contribution in [0.4, 0.5) is 5.69 Å². The van der Waals surface area contributed by atoms with Crippen LogP contribution in [0.15, 0.2) is 53.5 Å². The zero-order valence-corrected chi connectivity index (χ0v) is 17.5. The number of rotatable bonds is 7. The second-order valence-corrected chi connectivity index (χ2v) is 6.56. The first-order valence-electron chi connectivity index (χ1n) is 8.47. The van der Waals surface area contributed by atoms with Gasteiger partial charge in [0.2, 0.25) is 0 Å². The Bertz CT molecular complexity index is 746. The first-order valence-corrected chi connectivity index (χ1v) is 8.47. The molecular formula is C20H26IN3O2. The number of benzene rings is 2. The highest BCUT2D eigenvalue weighted by molar-refractivity contribution is 14.0.